The molecule has 2 heterocycles. The fourth-order valence-corrected chi connectivity index (χ4v) is 4.76. The van der Waals surface area contributed by atoms with Gasteiger partial charge in [0.1, 0.15) is 6.04 Å². The van der Waals surface area contributed by atoms with Crippen LogP contribution in [-0.4, -0.2) is 36.2 Å². The van der Waals surface area contributed by atoms with E-state index in [0.717, 1.165) is 27.9 Å². The molecule has 0 radical (unpaired) electrons. The molecule has 0 spiro atoms. The molecule has 0 aliphatic carbocycles. The van der Waals surface area contributed by atoms with Gasteiger partial charge >= 0.3 is 0 Å². The van der Waals surface area contributed by atoms with E-state index in [-0.39, 0.29) is 11.9 Å². The van der Waals surface area contributed by atoms with Crippen molar-refractivity contribution in [3.63, 3.8) is 0 Å². The summed E-state index contributed by atoms with van der Waals surface area (Å²) >= 11 is 5.74. The first-order valence-electron chi connectivity index (χ1n) is 10.1. The highest BCUT2D eigenvalue weighted by molar-refractivity contribution is 7.80. The Morgan fingerprint density at radius 3 is 2.13 bits per heavy atom. The summed E-state index contributed by atoms with van der Waals surface area (Å²) in [5.74, 6) is 1.37. The zero-order chi connectivity index (χ0) is 21.5. The van der Waals surface area contributed by atoms with Gasteiger partial charge in [-0.1, -0.05) is 42.5 Å². The third kappa shape index (κ3) is 3.24. The predicted molar refractivity (Wildman–Crippen MR) is 125 cm³/mol. The van der Waals surface area contributed by atoms with Gasteiger partial charge in [-0.15, -0.1) is 0 Å². The maximum atomic E-state index is 13.3. The van der Waals surface area contributed by atoms with E-state index in [4.69, 9.17) is 21.7 Å². The van der Waals surface area contributed by atoms with Crippen LogP contribution in [0, 0.1) is 0 Å². The molecule has 31 heavy (non-hydrogen) atoms. The summed E-state index contributed by atoms with van der Waals surface area (Å²) in [4.78, 5) is 17.0. The van der Waals surface area contributed by atoms with Crippen molar-refractivity contribution < 1.29 is 14.3 Å². The number of ether oxygens (including phenoxy) is 2. The molecule has 0 saturated carbocycles. The number of nitrogens with zero attached hydrogens (tertiary/aromatic N) is 2. The Hall–Kier alpha value is -3.38. The zero-order valence-electron chi connectivity index (χ0n) is 17.4. The molecular weight excluding hydrogens is 408 g/mol. The first-order valence-corrected chi connectivity index (χ1v) is 10.6. The highest BCUT2D eigenvalue weighted by Crippen LogP contribution is 2.38. The number of methoxy groups -OCH3 is 2. The van der Waals surface area contributed by atoms with Crippen molar-refractivity contribution >= 4 is 28.9 Å². The quantitative estimate of drug-likeness (QED) is 0.573. The van der Waals surface area contributed by atoms with E-state index in [1.165, 1.54) is 0 Å². The van der Waals surface area contributed by atoms with Crippen LogP contribution in [0.4, 0.5) is 5.69 Å². The highest BCUT2D eigenvalue weighted by atomic mass is 32.1. The molecule has 1 unspecified atom stereocenters. The van der Waals surface area contributed by atoms with Gasteiger partial charge in [0.15, 0.2) is 16.6 Å². The topological polar surface area (TPSA) is 42.0 Å². The largest absolute Gasteiger partial charge is 0.493 e. The second-order valence-electron chi connectivity index (χ2n) is 7.69. The predicted octanol–water partition coefficient (Wildman–Crippen LogP) is 4.43. The summed E-state index contributed by atoms with van der Waals surface area (Å²) in [6.07, 6.45) is 0.591. The van der Waals surface area contributed by atoms with Crippen LogP contribution in [0.5, 0.6) is 11.5 Å². The Morgan fingerprint density at radius 1 is 0.871 bits per heavy atom. The van der Waals surface area contributed by atoms with Crippen molar-refractivity contribution in [2.24, 2.45) is 0 Å². The minimum atomic E-state index is -0.299. The SMILES string of the molecule is COc1cc2c(cc1OC)CN1C(=S)N(c3ccc(-c4ccccc4)cc3)C(=O)C1C2. The molecule has 5 rings (SSSR count). The van der Waals surface area contributed by atoms with E-state index in [1.54, 1.807) is 19.1 Å². The molecule has 156 valence electrons. The van der Waals surface area contributed by atoms with Gasteiger partial charge in [-0.25, -0.2) is 0 Å². The molecule has 6 heteroatoms. The molecule has 2 aliphatic heterocycles. The van der Waals surface area contributed by atoms with Crippen LogP contribution in [0.15, 0.2) is 66.7 Å². The zero-order valence-corrected chi connectivity index (χ0v) is 18.2. The molecule has 3 aromatic rings. The maximum Gasteiger partial charge on any atom is 0.256 e. The van der Waals surface area contributed by atoms with Gasteiger partial charge < -0.3 is 14.4 Å². The molecule has 5 nitrogen and oxygen atoms in total. The standard InChI is InChI=1S/C25H22N2O3S/c1-29-22-13-18-12-21-24(28)27(25(31)26(21)15-19(18)14-23(22)30-2)20-10-8-17(9-11-20)16-6-4-3-5-7-16/h3-11,13-14,21H,12,15H2,1-2H3. The summed E-state index contributed by atoms with van der Waals surface area (Å²) < 4.78 is 10.9. The van der Waals surface area contributed by atoms with Gasteiger partial charge in [0.2, 0.25) is 0 Å². The number of carbonyl (C=O) groups is 1. The minimum absolute atomic E-state index is 0.0119. The lowest BCUT2D eigenvalue weighted by atomic mass is 9.94. The van der Waals surface area contributed by atoms with Gasteiger partial charge in [0.05, 0.1) is 19.9 Å². The third-order valence-corrected chi connectivity index (χ3v) is 6.43. The number of fused-ring (bicyclic) bond motifs is 2. The van der Waals surface area contributed by atoms with E-state index in [1.807, 2.05) is 59.5 Å². The van der Waals surface area contributed by atoms with E-state index in [9.17, 15) is 4.79 Å². The summed E-state index contributed by atoms with van der Waals surface area (Å²) in [7, 11) is 3.25. The molecule has 3 aromatic carbocycles. The molecule has 0 aromatic heterocycles. The average molecular weight is 431 g/mol. The second kappa shape index (κ2) is 7.71. The van der Waals surface area contributed by atoms with Gasteiger partial charge in [0.25, 0.3) is 5.91 Å². The lowest BCUT2D eigenvalue weighted by molar-refractivity contribution is -0.119. The van der Waals surface area contributed by atoms with Crippen LogP contribution in [0.1, 0.15) is 11.1 Å². The Balaban J connectivity index is 1.44. The van der Waals surface area contributed by atoms with Crippen LogP contribution in [0.3, 0.4) is 0 Å². The lowest BCUT2D eigenvalue weighted by Gasteiger charge is -2.31. The van der Waals surface area contributed by atoms with E-state index in [0.29, 0.717) is 29.6 Å². The van der Waals surface area contributed by atoms with Crippen molar-refractivity contribution in [2.75, 3.05) is 19.1 Å². The number of anilines is 1. The summed E-state index contributed by atoms with van der Waals surface area (Å²) in [5, 5.41) is 0.544. The van der Waals surface area contributed by atoms with E-state index >= 15 is 0 Å². The molecule has 1 saturated heterocycles. The van der Waals surface area contributed by atoms with Crippen molar-refractivity contribution in [3.05, 3.63) is 77.9 Å². The first kappa shape index (κ1) is 19.6. The molecule has 1 amide bonds. The highest BCUT2D eigenvalue weighted by Gasteiger charge is 2.45. The molecular formula is C25H22N2O3S. The minimum Gasteiger partial charge on any atom is -0.493 e. The monoisotopic (exact) mass is 430 g/mol. The number of amides is 1. The smallest absolute Gasteiger partial charge is 0.256 e. The average Bonchev–Trinajstić information content (AvgIpc) is 3.06. The number of hydrogen-bond acceptors (Lipinski definition) is 4. The van der Waals surface area contributed by atoms with Crippen LogP contribution < -0.4 is 14.4 Å². The van der Waals surface area contributed by atoms with Crippen LogP contribution >= 0.6 is 12.2 Å². The first-order chi connectivity index (χ1) is 15.1. The van der Waals surface area contributed by atoms with E-state index in [2.05, 4.69) is 12.1 Å². The summed E-state index contributed by atoms with van der Waals surface area (Å²) in [6, 6.07) is 21.8. The summed E-state index contributed by atoms with van der Waals surface area (Å²) in [5.41, 5.74) is 5.23. The molecule has 1 fully saturated rings. The second-order valence-corrected chi connectivity index (χ2v) is 8.06. The Bertz CT molecular complexity index is 1110. The Labute approximate surface area is 186 Å². The normalized spacial score (nSPS) is 17.4. The third-order valence-electron chi connectivity index (χ3n) is 6.01. The number of thiocarbonyl (C=S) groups is 1. The van der Waals surface area contributed by atoms with Crippen molar-refractivity contribution in [1.82, 2.24) is 4.90 Å². The van der Waals surface area contributed by atoms with Gasteiger partial charge in [0, 0.05) is 13.0 Å². The van der Waals surface area contributed by atoms with Crippen LogP contribution in [0.2, 0.25) is 0 Å². The Kier molecular flexibility index (Phi) is 4.87. The number of hydrogen-bond donors (Lipinski definition) is 0. The Morgan fingerprint density at radius 2 is 1.48 bits per heavy atom. The molecule has 2 aliphatic rings. The van der Waals surface area contributed by atoms with Crippen molar-refractivity contribution in [3.8, 4) is 22.6 Å². The van der Waals surface area contributed by atoms with Gasteiger partial charge in [-0.3, -0.25) is 9.69 Å². The van der Waals surface area contributed by atoms with Crippen molar-refractivity contribution in [2.45, 2.75) is 19.0 Å². The summed E-state index contributed by atoms with van der Waals surface area (Å²) in [6.45, 7) is 0.573. The number of carbonyl (C=O) groups excluding carboxylic acids is 1. The van der Waals surface area contributed by atoms with Crippen LogP contribution in [-0.2, 0) is 17.8 Å². The molecule has 1 atom stereocenters. The fraction of sp³-hybridized carbons (Fsp3) is 0.200. The van der Waals surface area contributed by atoms with Gasteiger partial charge in [-0.05, 0) is 58.7 Å². The molecule has 0 N–H and O–H groups in total. The fourth-order valence-electron chi connectivity index (χ4n) is 4.38. The number of benzene rings is 3. The van der Waals surface area contributed by atoms with Crippen molar-refractivity contribution in [1.29, 1.82) is 0 Å². The van der Waals surface area contributed by atoms with Gasteiger partial charge in [-0.2, -0.15) is 0 Å². The van der Waals surface area contributed by atoms with Crippen LogP contribution in [0.25, 0.3) is 11.1 Å². The van der Waals surface area contributed by atoms with E-state index < -0.39 is 0 Å². The number of rotatable bonds is 4. The molecule has 0 bridgehead atoms. The lowest BCUT2D eigenvalue weighted by Crippen LogP contribution is -2.40. The maximum absolute atomic E-state index is 13.3.